The molecule has 1 rings (SSSR count). The van der Waals surface area contributed by atoms with E-state index in [9.17, 15) is 5.11 Å². The normalized spacial score (nSPS) is 32.1. The zero-order valence-corrected chi connectivity index (χ0v) is 11.7. The van der Waals surface area contributed by atoms with Gasteiger partial charge in [-0.05, 0) is 57.5 Å². The first-order valence-corrected chi connectivity index (χ1v) is 6.64. The zero-order valence-electron chi connectivity index (χ0n) is 11.7. The number of hydrogen-bond donors (Lipinski definition) is 1. The Morgan fingerprint density at radius 1 is 1.19 bits per heavy atom. The molecule has 1 saturated carbocycles. The first-order chi connectivity index (χ1) is 7.29. The number of rotatable bonds is 3. The quantitative estimate of drug-likeness (QED) is 0.801. The van der Waals surface area contributed by atoms with Crippen molar-refractivity contribution in [2.24, 2.45) is 11.3 Å². The second kappa shape index (κ2) is 5.50. The van der Waals surface area contributed by atoms with E-state index in [1.165, 1.54) is 19.3 Å². The fraction of sp³-hybridized carbons (Fsp3) is 1.00. The maximum absolute atomic E-state index is 10.1. The molecule has 0 aromatic rings. The van der Waals surface area contributed by atoms with Crippen molar-refractivity contribution >= 4 is 0 Å². The summed E-state index contributed by atoms with van der Waals surface area (Å²) in [5.41, 5.74) is 0.434. The molecule has 1 aliphatic rings. The molecule has 0 bridgehead atoms. The van der Waals surface area contributed by atoms with Crippen LogP contribution in [-0.2, 0) is 0 Å². The molecule has 0 aliphatic heterocycles. The molecule has 0 aromatic heterocycles. The van der Waals surface area contributed by atoms with Gasteiger partial charge in [0.05, 0.1) is 6.10 Å². The molecule has 1 N–H and O–H groups in total. The van der Waals surface area contributed by atoms with E-state index in [1.807, 2.05) is 0 Å². The second-order valence-corrected chi connectivity index (χ2v) is 6.88. The van der Waals surface area contributed by atoms with Gasteiger partial charge in [-0.25, -0.2) is 0 Å². The molecule has 16 heavy (non-hydrogen) atoms. The van der Waals surface area contributed by atoms with Gasteiger partial charge in [0.25, 0.3) is 0 Å². The van der Waals surface area contributed by atoms with Gasteiger partial charge < -0.3 is 10.0 Å². The third kappa shape index (κ3) is 4.42. The van der Waals surface area contributed by atoms with Crippen LogP contribution in [-0.4, -0.2) is 36.2 Å². The van der Waals surface area contributed by atoms with Gasteiger partial charge in [0.15, 0.2) is 0 Å². The first-order valence-electron chi connectivity index (χ1n) is 6.64. The molecule has 1 aliphatic carbocycles. The van der Waals surface area contributed by atoms with Crippen molar-refractivity contribution in [1.29, 1.82) is 0 Å². The molecule has 1 fully saturated rings. The lowest BCUT2D eigenvalue weighted by atomic mass is 9.78. The summed E-state index contributed by atoms with van der Waals surface area (Å²) in [6.45, 7) is 6.90. The highest BCUT2D eigenvalue weighted by atomic mass is 16.3. The van der Waals surface area contributed by atoms with Gasteiger partial charge in [-0.3, -0.25) is 0 Å². The summed E-state index contributed by atoms with van der Waals surface area (Å²) in [6, 6.07) is 0.380. The smallest absolute Gasteiger partial charge is 0.0697 e. The van der Waals surface area contributed by atoms with Gasteiger partial charge in [-0.1, -0.05) is 20.8 Å². The summed E-state index contributed by atoms with van der Waals surface area (Å²) >= 11 is 0. The van der Waals surface area contributed by atoms with E-state index in [0.717, 1.165) is 18.8 Å². The van der Waals surface area contributed by atoms with Gasteiger partial charge in [0.1, 0.15) is 0 Å². The van der Waals surface area contributed by atoms with E-state index >= 15 is 0 Å². The summed E-state index contributed by atoms with van der Waals surface area (Å²) in [5.74, 6) is 0.741. The first kappa shape index (κ1) is 14.0. The number of aliphatic hydroxyl groups excluding tert-OH is 1. The average molecular weight is 227 g/mol. The molecule has 96 valence electrons. The van der Waals surface area contributed by atoms with Gasteiger partial charge in [-0.15, -0.1) is 0 Å². The van der Waals surface area contributed by atoms with Crippen LogP contribution in [0.4, 0.5) is 0 Å². The van der Waals surface area contributed by atoms with Crippen molar-refractivity contribution in [1.82, 2.24) is 4.90 Å². The Bertz CT molecular complexity index is 207. The monoisotopic (exact) mass is 227 g/mol. The fourth-order valence-corrected chi connectivity index (χ4v) is 2.72. The summed E-state index contributed by atoms with van der Waals surface area (Å²) in [6.07, 6.45) is 5.88. The van der Waals surface area contributed by atoms with Crippen LogP contribution < -0.4 is 0 Å². The maximum atomic E-state index is 10.1. The van der Waals surface area contributed by atoms with E-state index in [4.69, 9.17) is 0 Å². The number of nitrogens with zero attached hydrogens (tertiary/aromatic N) is 1. The highest BCUT2D eigenvalue weighted by Gasteiger charge is 2.30. The Labute approximate surface area is 101 Å². The van der Waals surface area contributed by atoms with Crippen LogP contribution in [0, 0.1) is 11.3 Å². The van der Waals surface area contributed by atoms with Crippen LogP contribution in [0.3, 0.4) is 0 Å². The standard InChI is InChI=1S/C14H29NO/c1-14(2,3)9-8-11-6-7-12(15(4)5)13(16)10-11/h11-13,16H,6-10H2,1-5H3. The lowest BCUT2D eigenvalue weighted by molar-refractivity contribution is 0.0190. The zero-order chi connectivity index (χ0) is 12.3. The minimum atomic E-state index is -0.117. The van der Waals surface area contributed by atoms with E-state index in [0.29, 0.717) is 11.5 Å². The molecule has 2 nitrogen and oxygen atoms in total. The molecular formula is C14H29NO. The summed E-state index contributed by atoms with van der Waals surface area (Å²) < 4.78 is 0. The Kier molecular flexibility index (Phi) is 4.81. The largest absolute Gasteiger partial charge is 0.391 e. The predicted octanol–water partition coefficient (Wildman–Crippen LogP) is 2.90. The van der Waals surface area contributed by atoms with E-state index in [2.05, 4.69) is 39.8 Å². The highest BCUT2D eigenvalue weighted by molar-refractivity contribution is 4.84. The average Bonchev–Trinajstić information content (AvgIpc) is 2.13. The van der Waals surface area contributed by atoms with Crippen molar-refractivity contribution in [2.45, 2.75) is 65.0 Å². The Hall–Kier alpha value is -0.0800. The molecular weight excluding hydrogens is 198 g/mol. The molecule has 2 heteroatoms. The molecule has 0 amide bonds. The van der Waals surface area contributed by atoms with E-state index in [-0.39, 0.29) is 6.10 Å². The Balaban J connectivity index is 2.34. The van der Waals surface area contributed by atoms with Gasteiger partial charge >= 0.3 is 0 Å². The Morgan fingerprint density at radius 3 is 2.25 bits per heavy atom. The van der Waals surface area contributed by atoms with Crippen LogP contribution in [0.25, 0.3) is 0 Å². The highest BCUT2D eigenvalue weighted by Crippen LogP contribution is 2.33. The summed E-state index contributed by atoms with van der Waals surface area (Å²) in [7, 11) is 4.15. The lowest BCUT2D eigenvalue weighted by Gasteiger charge is -2.37. The van der Waals surface area contributed by atoms with Gasteiger partial charge in [0, 0.05) is 6.04 Å². The minimum Gasteiger partial charge on any atom is -0.391 e. The van der Waals surface area contributed by atoms with E-state index in [1.54, 1.807) is 0 Å². The summed E-state index contributed by atoms with van der Waals surface area (Å²) in [5, 5.41) is 10.1. The van der Waals surface area contributed by atoms with Crippen LogP contribution in [0.15, 0.2) is 0 Å². The van der Waals surface area contributed by atoms with Crippen molar-refractivity contribution in [3.05, 3.63) is 0 Å². The molecule has 0 spiro atoms. The van der Waals surface area contributed by atoms with Gasteiger partial charge in [0.2, 0.25) is 0 Å². The van der Waals surface area contributed by atoms with Crippen molar-refractivity contribution < 1.29 is 5.11 Å². The second-order valence-electron chi connectivity index (χ2n) is 6.88. The van der Waals surface area contributed by atoms with Crippen LogP contribution in [0.5, 0.6) is 0 Å². The molecule has 3 unspecified atom stereocenters. The molecule has 3 atom stereocenters. The van der Waals surface area contributed by atoms with Crippen LogP contribution >= 0.6 is 0 Å². The number of likely N-dealkylation sites (N-methyl/N-ethyl adjacent to an activating group) is 1. The Morgan fingerprint density at radius 2 is 1.81 bits per heavy atom. The third-order valence-corrected chi connectivity index (χ3v) is 3.86. The summed E-state index contributed by atoms with van der Waals surface area (Å²) in [4.78, 5) is 2.17. The third-order valence-electron chi connectivity index (χ3n) is 3.86. The molecule has 0 aromatic carbocycles. The predicted molar refractivity (Wildman–Crippen MR) is 69.5 cm³/mol. The van der Waals surface area contributed by atoms with Crippen LogP contribution in [0.2, 0.25) is 0 Å². The van der Waals surface area contributed by atoms with Crippen LogP contribution in [0.1, 0.15) is 52.9 Å². The fourth-order valence-electron chi connectivity index (χ4n) is 2.72. The molecule has 0 saturated heterocycles. The maximum Gasteiger partial charge on any atom is 0.0697 e. The van der Waals surface area contributed by atoms with Crippen molar-refractivity contribution in [3.63, 3.8) is 0 Å². The SMILES string of the molecule is CN(C)C1CCC(CCC(C)(C)C)CC1O. The number of aliphatic hydroxyl groups is 1. The van der Waals surface area contributed by atoms with Gasteiger partial charge in [-0.2, -0.15) is 0 Å². The minimum absolute atomic E-state index is 0.117. The lowest BCUT2D eigenvalue weighted by Crippen LogP contribution is -2.43. The number of hydrogen-bond acceptors (Lipinski definition) is 2. The van der Waals surface area contributed by atoms with E-state index < -0.39 is 0 Å². The molecule has 0 radical (unpaired) electrons. The van der Waals surface area contributed by atoms with Crippen molar-refractivity contribution in [2.75, 3.05) is 14.1 Å². The topological polar surface area (TPSA) is 23.5 Å². The molecule has 0 heterocycles. The van der Waals surface area contributed by atoms with Crippen molar-refractivity contribution in [3.8, 4) is 0 Å².